The molecule has 0 N–H and O–H groups in total. The number of benzene rings is 2. The number of hydrogen-bond donors (Lipinski definition) is 0. The van der Waals surface area contributed by atoms with Gasteiger partial charge in [0.05, 0.1) is 12.0 Å². The summed E-state index contributed by atoms with van der Waals surface area (Å²) in [5, 5.41) is 10.8. The molecule has 0 heterocycles. The highest BCUT2D eigenvalue weighted by molar-refractivity contribution is 5.76. The topological polar surface area (TPSA) is 78.7 Å². The molecule has 22 heavy (non-hydrogen) atoms. The van der Waals surface area contributed by atoms with Crippen LogP contribution in [0.2, 0.25) is 0 Å². The van der Waals surface area contributed by atoms with Crippen molar-refractivity contribution >= 4 is 12.0 Å². The van der Waals surface area contributed by atoms with Crippen molar-refractivity contribution in [2.24, 2.45) is 0 Å². The number of carbonyl (C=O) groups is 1. The number of ether oxygens (including phenoxy) is 2. The van der Waals surface area contributed by atoms with Gasteiger partial charge in [-0.2, -0.15) is 0 Å². The first-order chi connectivity index (χ1) is 10.5. The maximum absolute atomic E-state index is 10.9. The molecule has 0 aliphatic rings. The van der Waals surface area contributed by atoms with Crippen LogP contribution in [0.25, 0.3) is 0 Å². The molecule has 0 spiro atoms. The van der Waals surface area contributed by atoms with E-state index in [1.54, 1.807) is 37.3 Å². The molecule has 0 saturated heterocycles. The van der Waals surface area contributed by atoms with Crippen LogP contribution in [0.4, 0.5) is 5.69 Å². The fourth-order valence-corrected chi connectivity index (χ4v) is 2.01. The van der Waals surface area contributed by atoms with E-state index in [0.717, 1.165) is 0 Å². The maximum atomic E-state index is 10.9. The van der Waals surface area contributed by atoms with Gasteiger partial charge < -0.3 is 9.47 Å². The van der Waals surface area contributed by atoms with Crippen LogP contribution in [-0.4, -0.2) is 18.3 Å². The van der Waals surface area contributed by atoms with E-state index in [0.29, 0.717) is 28.9 Å². The Morgan fingerprint density at radius 3 is 2.59 bits per heavy atom. The highest BCUT2D eigenvalue weighted by atomic mass is 16.6. The van der Waals surface area contributed by atoms with E-state index in [9.17, 15) is 14.9 Å². The third-order valence-electron chi connectivity index (χ3n) is 3.18. The summed E-state index contributed by atoms with van der Waals surface area (Å²) in [5.74, 6) is 0.897. The monoisotopic (exact) mass is 301 g/mol. The SMILES string of the molecule is COc1ccc(C=O)cc1O[C@@H](C)c1cccc([N+](=O)[O-])c1. The van der Waals surface area contributed by atoms with Crippen LogP contribution in [0.1, 0.15) is 28.9 Å². The molecule has 0 unspecified atom stereocenters. The first-order valence-corrected chi connectivity index (χ1v) is 6.59. The van der Waals surface area contributed by atoms with Crippen molar-refractivity contribution in [1.29, 1.82) is 0 Å². The quantitative estimate of drug-likeness (QED) is 0.463. The summed E-state index contributed by atoms with van der Waals surface area (Å²) in [5.41, 5.74) is 1.12. The van der Waals surface area contributed by atoms with Gasteiger partial charge in [-0.15, -0.1) is 0 Å². The second kappa shape index (κ2) is 6.71. The van der Waals surface area contributed by atoms with Gasteiger partial charge in [0.15, 0.2) is 11.5 Å². The van der Waals surface area contributed by atoms with Crippen molar-refractivity contribution in [3.63, 3.8) is 0 Å². The molecule has 0 saturated carbocycles. The van der Waals surface area contributed by atoms with Crippen LogP contribution >= 0.6 is 0 Å². The van der Waals surface area contributed by atoms with Crippen LogP contribution in [0, 0.1) is 10.1 Å². The predicted molar refractivity (Wildman–Crippen MR) is 80.5 cm³/mol. The highest BCUT2D eigenvalue weighted by Crippen LogP contribution is 2.32. The van der Waals surface area contributed by atoms with E-state index in [1.165, 1.54) is 19.2 Å². The summed E-state index contributed by atoms with van der Waals surface area (Å²) < 4.78 is 11.0. The molecule has 6 heteroatoms. The minimum Gasteiger partial charge on any atom is -0.493 e. The van der Waals surface area contributed by atoms with Crippen LogP contribution in [0.3, 0.4) is 0 Å². The number of hydrogen-bond acceptors (Lipinski definition) is 5. The Balaban J connectivity index is 2.28. The third kappa shape index (κ3) is 3.41. The first-order valence-electron chi connectivity index (χ1n) is 6.59. The molecule has 0 aliphatic heterocycles. The lowest BCUT2D eigenvalue weighted by molar-refractivity contribution is -0.385. The summed E-state index contributed by atoms with van der Waals surface area (Å²) in [6.07, 6.45) is 0.278. The number of non-ortho nitro benzene ring substituents is 1. The summed E-state index contributed by atoms with van der Waals surface area (Å²) in [6.45, 7) is 1.77. The van der Waals surface area contributed by atoms with E-state index in [4.69, 9.17) is 9.47 Å². The first kappa shape index (κ1) is 15.5. The van der Waals surface area contributed by atoms with E-state index in [2.05, 4.69) is 0 Å². The van der Waals surface area contributed by atoms with Crippen molar-refractivity contribution in [2.75, 3.05) is 7.11 Å². The van der Waals surface area contributed by atoms with Crippen molar-refractivity contribution in [3.8, 4) is 11.5 Å². The molecule has 0 radical (unpaired) electrons. The molecular formula is C16H15NO5. The zero-order chi connectivity index (χ0) is 16.1. The number of nitrogens with zero attached hydrogens (tertiary/aromatic N) is 1. The Labute approximate surface area is 127 Å². The Morgan fingerprint density at radius 2 is 1.95 bits per heavy atom. The Hall–Kier alpha value is -2.89. The maximum Gasteiger partial charge on any atom is 0.269 e. The minimum atomic E-state index is -0.455. The van der Waals surface area contributed by atoms with Gasteiger partial charge in [-0.3, -0.25) is 14.9 Å². The lowest BCUT2D eigenvalue weighted by atomic mass is 10.1. The molecule has 6 nitrogen and oxygen atoms in total. The molecule has 2 aromatic rings. The molecular weight excluding hydrogens is 286 g/mol. The minimum absolute atomic E-state index is 0.00144. The molecule has 0 amide bonds. The zero-order valence-corrected chi connectivity index (χ0v) is 12.2. The van der Waals surface area contributed by atoms with Gasteiger partial charge in [0, 0.05) is 17.7 Å². The smallest absolute Gasteiger partial charge is 0.269 e. The van der Waals surface area contributed by atoms with Crippen LogP contribution < -0.4 is 9.47 Å². The lowest BCUT2D eigenvalue weighted by Gasteiger charge is -2.17. The fourth-order valence-electron chi connectivity index (χ4n) is 2.01. The second-order valence-corrected chi connectivity index (χ2v) is 4.64. The number of nitro benzene ring substituents is 1. The number of carbonyl (C=O) groups excluding carboxylic acids is 1. The van der Waals surface area contributed by atoms with Crippen LogP contribution in [0.5, 0.6) is 11.5 Å². The molecule has 114 valence electrons. The van der Waals surface area contributed by atoms with E-state index >= 15 is 0 Å². The summed E-state index contributed by atoms with van der Waals surface area (Å²) >= 11 is 0. The summed E-state index contributed by atoms with van der Waals surface area (Å²) in [6, 6.07) is 11.1. The van der Waals surface area contributed by atoms with Crippen LogP contribution in [0.15, 0.2) is 42.5 Å². The van der Waals surface area contributed by atoms with Crippen molar-refractivity contribution < 1.29 is 19.2 Å². The number of rotatable bonds is 6. The molecule has 2 aromatic carbocycles. The van der Waals surface area contributed by atoms with Gasteiger partial charge in [-0.1, -0.05) is 12.1 Å². The largest absolute Gasteiger partial charge is 0.493 e. The normalized spacial score (nSPS) is 11.5. The van der Waals surface area contributed by atoms with Gasteiger partial charge in [0.2, 0.25) is 0 Å². The third-order valence-corrected chi connectivity index (χ3v) is 3.18. The van der Waals surface area contributed by atoms with Crippen molar-refractivity contribution in [1.82, 2.24) is 0 Å². The number of methoxy groups -OCH3 is 1. The lowest BCUT2D eigenvalue weighted by Crippen LogP contribution is -2.05. The number of nitro groups is 1. The second-order valence-electron chi connectivity index (χ2n) is 4.64. The van der Waals surface area contributed by atoms with Gasteiger partial charge in [-0.05, 0) is 30.7 Å². The Morgan fingerprint density at radius 1 is 1.18 bits per heavy atom. The summed E-state index contributed by atoms with van der Waals surface area (Å²) in [7, 11) is 1.50. The highest BCUT2D eigenvalue weighted by Gasteiger charge is 2.15. The molecule has 0 bridgehead atoms. The van der Waals surface area contributed by atoms with Gasteiger partial charge in [-0.25, -0.2) is 0 Å². The fraction of sp³-hybridized carbons (Fsp3) is 0.188. The van der Waals surface area contributed by atoms with Gasteiger partial charge in [0.25, 0.3) is 5.69 Å². The Bertz CT molecular complexity index is 699. The molecule has 0 aliphatic carbocycles. The predicted octanol–water partition coefficient (Wildman–Crippen LogP) is 3.56. The molecule has 2 rings (SSSR count). The average Bonchev–Trinajstić information content (AvgIpc) is 2.54. The van der Waals surface area contributed by atoms with E-state index < -0.39 is 11.0 Å². The molecule has 0 aromatic heterocycles. The van der Waals surface area contributed by atoms with Gasteiger partial charge in [0.1, 0.15) is 12.4 Å². The van der Waals surface area contributed by atoms with E-state index in [1.807, 2.05) is 0 Å². The standard InChI is InChI=1S/C16H15NO5/c1-11(13-4-3-5-14(9-13)17(19)20)22-16-8-12(10-18)6-7-15(16)21-2/h3-11H,1-2H3/t11-/m0/s1. The molecule has 0 fully saturated rings. The average molecular weight is 301 g/mol. The summed E-state index contributed by atoms with van der Waals surface area (Å²) in [4.78, 5) is 21.2. The van der Waals surface area contributed by atoms with E-state index in [-0.39, 0.29) is 5.69 Å². The number of aldehydes is 1. The van der Waals surface area contributed by atoms with Crippen LogP contribution in [-0.2, 0) is 0 Å². The van der Waals surface area contributed by atoms with Crippen molar-refractivity contribution in [3.05, 3.63) is 63.7 Å². The molecule has 1 atom stereocenters. The van der Waals surface area contributed by atoms with Crippen molar-refractivity contribution in [2.45, 2.75) is 13.0 Å². The zero-order valence-electron chi connectivity index (χ0n) is 12.2. The Kier molecular flexibility index (Phi) is 4.73. The van der Waals surface area contributed by atoms with Gasteiger partial charge >= 0.3 is 0 Å².